The molecule has 1 aliphatic rings. The molecule has 1 N–H and O–H groups in total. The smallest absolute Gasteiger partial charge is 0.259 e. The predicted molar refractivity (Wildman–Crippen MR) is 134 cm³/mol. The SMILES string of the molecule is C[C@@H]1CN([C@@H](C)CO)C(=O)c2cc(-c3ccccc3)cnc2O[C@H]1CN(C)Cc1ccccc1. The Morgan fingerprint density at radius 3 is 2.47 bits per heavy atom. The summed E-state index contributed by atoms with van der Waals surface area (Å²) in [5.41, 5.74) is 3.52. The van der Waals surface area contributed by atoms with Crippen molar-refractivity contribution in [2.45, 2.75) is 32.5 Å². The average Bonchev–Trinajstić information content (AvgIpc) is 2.86. The second-order valence-electron chi connectivity index (χ2n) is 9.25. The molecule has 0 fully saturated rings. The second kappa shape index (κ2) is 10.8. The van der Waals surface area contributed by atoms with Crippen LogP contribution < -0.4 is 4.74 Å². The summed E-state index contributed by atoms with van der Waals surface area (Å²) in [6.07, 6.45) is 1.60. The molecule has 2 heterocycles. The molecule has 0 radical (unpaired) electrons. The molecule has 6 heteroatoms. The highest BCUT2D eigenvalue weighted by Gasteiger charge is 2.34. The normalized spacial score (nSPS) is 19.2. The molecule has 34 heavy (non-hydrogen) atoms. The Morgan fingerprint density at radius 2 is 1.79 bits per heavy atom. The number of rotatable bonds is 7. The maximum Gasteiger partial charge on any atom is 0.259 e. The Kier molecular flexibility index (Phi) is 7.60. The highest BCUT2D eigenvalue weighted by Crippen LogP contribution is 2.30. The van der Waals surface area contributed by atoms with Gasteiger partial charge >= 0.3 is 0 Å². The van der Waals surface area contributed by atoms with Gasteiger partial charge in [0.15, 0.2) is 0 Å². The lowest BCUT2D eigenvalue weighted by molar-refractivity contribution is 0.0325. The third kappa shape index (κ3) is 5.46. The van der Waals surface area contributed by atoms with E-state index in [2.05, 4.69) is 36.0 Å². The number of pyridine rings is 1. The van der Waals surface area contributed by atoms with Gasteiger partial charge in [-0.25, -0.2) is 4.98 Å². The van der Waals surface area contributed by atoms with E-state index in [1.807, 2.05) is 61.5 Å². The third-order valence-electron chi connectivity index (χ3n) is 6.42. The Balaban J connectivity index is 1.65. The summed E-state index contributed by atoms with van der Waals surface area (Å²) in [5, 5.41) is 9.86. The highest BCUT2D eigenvalue weighted by atomic mass is 16.5. The molecule has 4 rings (SSSR count). The average molecular weight is 460 g/mol. The maximum atomic E-state index is 13.6. The van der Waals surface area contributed by atoms with E-state index in [0.29, 0.717) is 24.5 Å². The number of benzene rings is 2. The minimum Gasteiger partial charge on any atom is -0.472 e. The first-order valence-electron chi connectivity index (χ1n) is 11.8. The lowest BCUT2D eigenvalue weighted by Gasteiger charge is -2.37. The van der Waals surface area contributed by atoms with Crippen LogP contribution in [0.4, 0.5) is 0 Å². The number of hydrogen-bond donors (Lipinski definition) is 1. The van der Waals surface area contributed by atoms with Crippen molar-refractivity contribution in [3.8, 4) is 17.0 Å². The number of likely N-dealkylation sites (N-methyl/N-ethyl adjacent to an activating group) is 1. The van der Waals surface area contributed by atoms with Gasteiger partial charge in [-0.1, -0.05) is 67.6 Å². The van der Waals surface area contributed by atoms with Crippen molar-refractivity contribution in [3.63, 3.8) is 0 Å². The fraction of sp³-hybridized carbons (Fsp3) is 0.357. The Hall–Kier alpha value is -3.22. The summed E-state index contributed by atoms with van der Waals surface area (Å²) in [6.45, 7) is 5.86. The lowest BCUT2D eigenvalue weighted by Crippen LogP contribution is -2.49. The Bertz CT molecular complexity index is 1090. The van der Waals surface area contributed by atoms with Crippen LogP contribution in [-0.2, 0) is 6.54 Å². The van der Waals surface area contributed by atoms with Gasteiger partial charge < -0.3 is 14.7 Å². The van der Waals surface area contributed by atoms with E-state index in [0.717, 1.165) is 17.7 Å². The number of aromatic nitrogens is 1. The molecule has 0 saturated heterocycles. The van der Waals surface area contributed by atoms with E-state index in [1.54, 1.807) is 11.1 Å². The fourth-order valence-electron chi connectivity index (χ4n) is 4.38. The largest absolute Gasteiger partial charge is 0.472 e. The van der Waals surface area contributed by atoms with E-state index < -0.39 is 0 Å². The lowest BCUT2D eigenvalue weighted by atomic mass is 9.99. The molecule has 1 amide bonds. The second-order valence-corrected chi connectivity index (χ2v) is 9.25. The first kappa shape index (κ1) is 23.9. The topological polar surface area (TPSA) is 65.9 Å². The number of carbonyl (C=O) groups is 1. The van der Waals surface area contributed by atoms with Crippen molar-refractivity contribution in [3.05, 3.63) is 84.1 Å². The van der Waals surface area contributed by atoms with Crippen LogP contribution in [0.1, 0.15) is 29.8 Å². The quantitative estimate of drug-likeness (QED) is 0.576. The third-order valence-corrected chi connectivity index (χ3v) is 6.42. The molecule has 3 atom stereocenters. The number of carbonyl (C=O) groups excluding carboxylic acids is 1. The summed E-state index contributed by atoms with van der Waals surface area (Å²) in [5.74, 6) is 0.245. The van der Waals surface area contributed by atoms with E-state index in [4.69, 9.17) is 4.74 Å². The molecular weight excluding hydrogens is 426 g/mol. The molecule has 0 unspecified atom stereocenters. The highest BCUT2D eigenvalue weighted by molar-refractivity contribution is 5.98. The number of amides is 1. The van der Waals surface area contributed by atoms with E-state index in [1.165, 1.54) is 5.56 Å². The number of hydrogen-bond acceptors (Lipinski definition) is 5. The van der Waals surface area contributed by atoms with Crippen molar-refractivity contribution >= 4 is 5.91 Å². The molecule has 0 saturated carbocycles. The van der Waals surface area contributed by atoms with Gasteiger partial charge in [0.25, 0.3) is 5.91 Å². The minimum atomic E-state index is -0.302. The van der Waals surface area contributed by atoms with Crippen LogP contribution in [-0.4, -0.2) is 64.7 Å². The van der Waals surface area contributed by atoms with Gasteiger partial charge in [-0.3, -0.25) is 9.69 Å². The van der Waals surface area contributed by atoms with Crippen molar-refractivity contribution in [1.82, 2.24) is 14.8 Å². The van der Waals surface area contributed by atoms with Gasteiger partial charge in [0.05, 0.1) is 12.6 Å². The molecular formula is C28H33N3O3. The van der Waals surface area contributed by atoms with E-state index in [-0.39, 0.29) is 30.6 Å². The van der Waals surface area contributed by atoms with Gasteiger partial charge in [0, 0.05) is 37.3 Å². The number of nitrogens with zero attached hydrogens (tertiary/aromatic N) is 3. The van der Waals surface area contributed by atoms with Crippen LogP contribution in [0.3, 0.4) is 0 Å². The summed E-state index contributed by atoms with van der Waals surface area (Å²) in [4.78, 5) is 22.2. The zero-order valence-electron chi connectivity index (χ0n) is 20.1. The van der Waals surface area contributed by atoms with Gasteiger partial charge in [0.2, 0.25) is 5.88 Å². The number of fused-ring (bicyclic) bond motifs is 1. The van der Waals surface area contributed by atoms with Crippen LogP contribution in [0.2, 0.25) is 0 Å². The van der Waals surface area contributed by atoms with Crippen LogP contribution >= 0.6 is 0 Å². The van der Waals surface area contributed by atoms with Crippen molar-refractivity contribution in [1.29, 1.82) is 0 Å². The van der Waals surface area contributed by atoms with Crippen LogP contribution in [0.5, 0.6) is 5.88 Å². The molecule has 1 aliphatic heterocycles. The zero-order chi connectivity index (χ0) is 24.1. The fourth-order valence-corrected chi connectivity index (χ4v) is 4.38. The van der Waals surface area contributed by atoms with Gasteiger partial charge in [-0.15, -0.1) is 0 Å². The summed E-state index contributed by atoms with van der Waals surface area (Å²) >= 11 is 0. The Labute approximate surface area is 201 Å². The van der Waals surface area contributed by atoms with Crippen molar-refractivity contribution in [2.75, 3.05) is 26.7 Å². The molecule has 3 aromatic rings. The first-order valence-corrected chi connectivity index (χ1v) is 11.8. The van der Waals surface area contributed by atoms with Crippen molar-refractivity contribution < 1.29 is 14.6 Å². The maximum absolute atomic E-state index is 13.6. The number of ether oxygens (including phenoxy) is 1. The first-order chi connectivity index (χ1) is 16.5. The summed E-state index contributed by atoms with van der Waals surface area (Å²) < 4.78 is 6.42. The predicted octanol–water partition coefficient (Wildman–Crippen LogP) is 4.10. The molecule has 0 bridgehead atoms. The van der Waals surface area contributed by atoms with Gasteiger partial charge in [-0.05, 0) is 31.2 Å². The van der Waals surface area contributed by atoms with Crippen LogP contribution in [0.15, 0.2) is 72.9 Å². The van der Waals surface area contributed by atoms with Gasteiger partial charge in [0.1, 0.15) is 11.7 Å². The zero-order valence-corrected chi connectivity index (χ0v) is 20.1. The number of aliphatic hydroxyl groups excluding tert-OH is 1. The standard InChI is InChI=1S/C28H33N3O3/c1-20-16-31(21(2)19-32)28(33)25-14-24(23-12-8-5-9-13-23)15-29-27(25)34-26(20)18-30(3)17-22-10-6-4-7-11-22/h4-15,20-21,26,32H,16-19H2,1-3H3/t20-,21+,26+/m1/s1. The van der Waals surface area contributed by atoms with Crippen LogP contribution in [0, 0.1) is 5.92 Å². The van der Waals surface area contributed by atoms with E-state index >= 15 is 0 Å². The molecule has 0 aliphatic carbocycles. The molecule has 6 nitrogen and oxygen atoms in total. The molecule has 178 valence electrons. The minimum absolute atomic E-state index is 0.0555. The summed E-state index contributed by atoms with van der Waals surface area (Å²) in [6, 6.07) is 21.8. The van der Waals surface area contributed by atoms with Gasteiger partial charge in [-0.2, -0.15) is 0 Å². The molecule has 0 spiro atoms. The Morgan fingerprint density at radius 1 is 1.12 bits per heavy atom. The molecule has 2 aromatic carbocycles. The van der Waals surface area contributed by atoms with Crippen LogP contribution in [0.25, 0.3) is 11.1 Å². The van der Waals surface area contributed by atoms with E-state index in [9.17, 15) is 9.90 Å². The number of aliphatic hydroxyl groups is 1. The monoisotopic (exact) mass is 459 g/mol. The summed E-state index contributed by atoms with van der Waals surface area (Å²) in [7, 11) is 2.08. The van der Waals surface area contributed by atoms with Crippen molar-refractivity contribution in [2.24, 2.45) is 5.92 Å². The molecule has 1 aromatic heterocycles.